The Labute approximate surface area is 474 Å². The molecule has 0 aromatic carbocycles. The molecule has 0 spiro atoms. The third kappa shape index (κ3) is 27.2. The third-order valence-electron chi connectivity index (χ3n) is 13.1. The second-order valence-electron chi connectivity index (χ2n) is 19.8. The number of carboxylic acid groups (broad SMARTS) is 6. The van der Waals surface area contributed by atoms with Gasteiger partial charge in [-0.3, -0.25) is 67.1 Å². The van der Waals surface area contributed by atoms with Crippen LogP contribution in [0.5, 0.6) is 0 Å². The summed E-state index contributed by atoms with van der Waals surface area (Å²) in [6.45, 7) is 0.353. The first-order valence-corrected chi connectivity index (χ1v) is 26.9. The lowest BCUT2D eigenvalue weighted by atomic mass is 10.0. The Morgan fingerprint density at radius 3 is 0.928 bits per heavy atom. The minimum atomic E-state index is -2.02. The number of hydrogen-bond donors (Lipinski definition) is 18. The van der Waals surface area contributed by atoms with Gasteiger partial charge in [-0.1, -0.05) is 19.3 Å². The fourth-order valence-electron chi connectivity index (χ4n) is 8.55. The zero-order valence-electron chi connectivity index (χ0n) is 45.4. The molecule has 2 fully saturated rings. The van der Waals surface area contributed by atoms with E-state index in [1.54, 1.807) is 0 Å². The first kappa shape index (κ1) is 70.5. The number of nitrogens with one attached hydrogen (secondary N) is 10. The van der Waals surface area contributed by atoms with E-state index in [0.717, 1.165) is 0 Å². The van der Waals surface area contributed by atoms with E-state index in [-0.39, 0.29) is 96.6 Å². The van der Waals surface area contributed by atoms with Crippen LogP contribution in [-0.2, 0) is 76.7 Å². The van der Waals surface area contributed by atoms with Crippen LogP contribution in [0.1, 0.15) is 135 Å². The van der Waals surface area contributed by atoms with Gasteiger partial charge in [0.2, 0.25) is 59.1 Å². The summed E-state index contributed by atoms with van der Waals surface area (Å²) in [6, 6.07) is -16.1. The lowest BCUT2D eigenvalue weighted by molar-refractivity contribution is -0.143. The molecule has 83 heavy (non-hydrogen) atoms. The highest BCUT2D eigenvalue weighted by Crippen LogP contribution is 2.15. The van der Waals surface area contributed by atoms with Crippen molar-refractivity contribution in [1.82, 2.24) is 53.2 Å². The van der Waals surface area contributed by atoms with Gasteiger partial charge in [-0.15, -0.1) is 0 Å². The molecule has 464 valence electrons. The monoisotopic (exact) mass is 1180 g/mol. The van der Waals surface area contributed by atoms with Gasteiger partial charge in [0, 0.05) is 25.7 Å². The first-order valence-electron chi connectivity index (χ1n) is 26.9. The minimum absolute atomic E-state index is 0.0274. The van der Waals surface area contributed by atoms with E-state index in [9.17, 15) is 107 Å². The van der Waals surface area contributed by atoms with E-state index >= 15 is 0 Å². The number of carboxylic acids is 6. The molecule has 34 heteroatoms. The number of nitrogens with two attached hydrogens (primary N) is 2. The molecule has 0 aliphatic carbocycles. The van der Waals surface area contributed by atoms with Crippen molar-refractivity contribution in [3.63, 3.8) is 0 Å². The van der Waals surface area contributed by atoms with Crippen LogP contribution < -0.4 is 64.6 Å². The SMILES string of the molecule is NCCCC[C@H](NC(=O)[C@H](CCCCC[C@H](NC(=O)[C@H](CC(=O)O)NC(=O)[C@H](CCC(=O)O)NC(=O)[C@@H]1CCC(=O)N1)C(=O)N[C@@H](CCCCN)C(=O)O)NC(=O)[C@H](CC(=O)O)NC(=O)[C@H](CCC(=O)O)NC(=O)[C@@H]1CCC(=O)N1)C(=O)O. The summed E-state index contributed by atoms with van der Waals surface area (Å²) in [5.74, 6) is -19.1. The molecule has 0 aromatic heterocycles. The molecule has 34 nitrogen and oxygen atoms in total. The van der Waals surface area contributed by atoms with Crippen molar-refractivity contribution in [2.75, 3.05) is 13.1 Å². The van der Waals surface area contributed by atoms with E-state index < -0.39 is 194 Å². The highest BCUT2D eigenvalue weighted by molar-refractivity contribution is 5.99. The topological polar surface area (TPSA) is 567 Å². The molecule has 2 saturated heterocycles. The second-order valence-corrected chi connectivity index (χ2v) is 19.8. The minimum Gasteiger partial charge on any atom is -0.481 e. The summed E-state index contributed by atoms with van der Waals surface area (Å²) in [4.78, 5) is 203. The normalized spacial score (nSPS) is 17.4. The summed E-state index contributed by atoms with van der Waals surface area (Å²) in [7, 11) is 0. The smallest absolute Gasteiger partial charge is 0.326 e. The molecule has 0 unspecified atom stereocenters. The molecular weight excluding hydrogens is 1110 g/mol. The maximum atomic E-state index is 13.9. The number of carbonyl (C=O) groups excluding carboxylic acids is 10. The van der Waals surface area contributed by atoms with Crippen LogP contribution in [0, 0.1) is 0 Å². The summed E-state index contributed by atoms with van der Waals surface area (Å²) >= 11 is 0. The zero-order chi connectivity index (χ0) is 62.3. The van der Waals surface area contributed by atoms with Crippen LogP contribution in [0.25, 0.3) is 0 Å². The molecule has 0 saturated carbocycles. The molecule has 0 bridgehead atoms. The Morgan fingerprint density at radius 1 is 0.373 bits per heavy atom. The van der Waals surface area contributed by atoms with E-state index in [1.165, 1.54) is 0 Å². The van der Waals surface area contributed by atoms with Gasteiger partial charge in [0.15, 0.2) is 0 Å². The lowest BCUT2D eigenvalue weighted by Gasteiger charge is -2.26. The van der Waals surface area contributed by atoms with Gasteiger partial charge in [0.1, 0.15) is 60.4 Å². The van der Waals surface area contributed by atoms with Gasteiger partial charge in [-0.05, 0) is 90.1 Å². The van der Waals surface area contributed by atoms with Crippen molar-refractivity contribution in [2.45, 2.75) is 195 Å². The molecule has 2 heterocycles. The highest BCUT2D eigenvalue weighted by Gasteiger charge is 2.37. The number of aliphatic carboxylic acids is 6. The van der Waals surface area contributed by atoms with Crippen molar-refractivity contribution >= 4 is 94.9 Å². The maximum absolute atomic E-state index is 13.9. The first-order chi connectivity index (χ1) is 39.1. The molecule has 2 aliphatic rings. The molecule has 10 atom stereocenters. The number of hydrogen-bond acceptors (Lipinski definition) is 18. The number of carbonyl (C=O) groups is 16. The Balaban J connectivity index is 2.46. The van der Waals surface area contributed by atoms with Gasteiger partial charge in [0.05, 0.1) is 12.8 Å². The van der Waals surface area contributed by atoms with Crippen molar-refractivity contribution < 1.29 is 107 Å². The Bertz CT molecular complexity index is 2220. The summed E-state index contributed by atoms with van der Waals surface area (Å²) < 4.78 is 0. The van der Waals surface area contributed by atoms with Crippen LogP contribution >= 0.6 is 0 Å². The Kier molecular flexibility index (Phi) is 31.2. The molecule has 0 aromatic rings. The largest absolute Gasteiger partial charge is 0.481 e. The van der Waals surface area contributed by atoms with E-state index in [4.69, 9.17) is 11.5 Å². The van der Waals surface area contributed by atoms with Gasteiger partial charge in [-0.2, -0.15) is 0 Å². The van der Waals surface area contributed by atoms with Crippen molar-refractivity contribution in [3.8, 4) is 0 Å². The third-order valence-corrected chi connectivity index (χ3v) is 13.1. The quantitative estimate of drug-likeness (QED) is 0.0254. The summed E-state index contributed by atoms with van der Waals surface area (Å²) in [5, 5.41) is 80.8. The number of amides is 10. The number of unbranched alkanes of at least 4 members (excludes halogenated alkanes) is 4. The average molecular weight is 1190 g/mol. The molecule has 2 rings (SSSR count). The predicted octanol–water partition coefficient (Wildman–Crippen LogP) is -5.52. The van der Waals surface area contributed by atoms with Gasteiger partial charge in [0.25, 0.3) is 0 Å². The average Bonchev–Trinajstić information content (AvgIpc) is 4.07. The van der Waals surface area contributed by atoms with Crippen LogP contribution in [0.3, 0.4) is 0 Å². The van der Waals surface area contributed by atoms with Gasteiger partial charge < -0.3 is 95.3 Å². The molecular formula is C49H76N12O22. The standard InChI is InChI=1S/C49H76N12O22/c50-20-6-4-10-30(48(80)81)58-40(72)24(54-46(78)32(22-38(68)69)60-44(76)28(14-18-36(64)65)56-42(74)26-12-16-34(62)52-26)8-2-1-3-9-25(41(73)59-31(49(82)83)11-5-7-21-51)55-47(79)33(23-39(70)71)61-45(77)29(15-19-37(66)67)57-43(75)27-13-17-35(63)53-27/h24-33H,1-23,50-51H2,(H,52,62)(H,53,63)(H,54,78)(H,55,79)(H,56,74)(H,57,75)(H,58,72)(H,59,73)(H,60,76)(H,61,77)(H,64,65)(H,66,67)(H,68,69)(H,70,71)(H,80,81)(H,82,83)/t24-,25-,26-,27-,28-,29-,30-,31-,32-,33-/m0/s1. The Hall–Kier alpha value is -8.56. The number of rotatable bonds is 42. The highest BCUT2D eigenvalue weighted by atomic mass is 16.4. The predicted molar refractivity (Wildman–Crippen MR) is 280 cm³/mol. The van der Waals surface area contributed by atoms with E-state index in [1.807, 2.05) is 0 Å². The molecule has 2 aliphatic heterocycles. The van der Waals surface area contributed by atoms with E-state index in [2.05, 4.69) is 53.2 Å². The van der Waals surface area contributed by atoms with Crippen LogP contribution in [0.2, 0.25) is 0 Å². The second kappa shape index (κ2) is 36.7. The lowest BCUT2D eigenvalue weighted by Crippen LogP contribution is -2.59. The van der Waals surface area contributed by atoms with Gasteiger partial charge >= 0.3 is 35.8 Å². The van der Waals surface area contributed by atoms with Gasteiger partial charge in [-0.25, -0.2) is 9.59 Å². The molecule has 20 N–H and O–H groups in total. The summed E-state index contributed by atoms with van der Waals surface area (Å²) in [6.07, 6.45) is -4.91. The fourth-order valence-corrected chi connectivity index (χ4v) is 8.55. The molecule has 10 amide bonds. The van der Waals surface area contributed by atoms with Crippen LogP contribution in [0.4, 0.5) is 0 Å². The Morgan fingerprint density at radius 2 is 0.651 bits per heavy atom. The van der Waals surface area contributed by atoms with Crippen LogP contribution in [0.15, 0.2) is 0 Å². The fraction of sp³-hybridized carbons (Fsp3) is 0.673. The van der Waals surface area contributed by atoms with Crippen molar-refractivity contribution in [1.29, 1.82) is 0 Å². The zero-order valence-corrected chi connectivity index (χ0v) is 45.4. The summed E-state index contributed by atoms with van der Waals surface area (Å²) in [5.41, 5.74) is 11.1. The van der Waals surface area contributed by atoms with Crippen molar-refractivity contribution in [3.05, 3.63) is 0 Å². The maximum Gasteiger partial charge on any atom is 0.326 e. The van der Waals surface area contributed by atoms with E-state index in [0.29, 0.717) is 12.8 Å². The molecule has 0 radical (unpaired) electrons. The van der Waals surface area contributed by atoms with Crippen LogP contribution in [-0.4, -0.2) is 199 Å². The van der Waals surface area contributed by atoms with Crippen molar-refractivity contribution in [2.24, 2.45) is 11.5 Å².